The van der Waals surface area contributed by atoms with Crippen LogP contribution in [0.25, 0.3) is 0 Å². The summed E-state index contributed by atoms with van der Waals surface area (Å²) in [6.45, 7) is 8.09. The van der Waals surface area contributed by atoms with Gasteiger partial charge in [0, 0.05) is 18.3 Å². The number of rotatable bonds is 10. The fourth-order valence-corrected chi connectivity index (χ4v) is 4.15. The summed E-state index contributed by atoms with van der Waals surface area (Å²) in [6, 6.07) is 14.0. The molecule has 0 bridgehead atoms. The summed E-state index contributed by atoms with van der Waals surface area (Å²) in [7, 11) is 0. The molecule has 1 N–H and O–H groups in total. The summed E-state index contributed by atoms with van der Waals surface area (Å²) >= 11 is 1.36. The van der Waals surface area contributed by atoms with E-state index in [1.54, 1.807) is 23.1 Å². The molecule has 6 heteroatoms. The molecule has 0 saturated carbocycles. The van der Waals surface area contributed by atoms with E-state index in [1.165, 1.54) is 17.8 Å². The van der Waals surface area contributed by atoms with Crippen LogP contribution in [0.2, 0.25) is 0 Å². The highest BCUT2D eigenvalue weighted by molar-refractivity contribution is 7.99. The number of benzene rings is 2. The molecule has 0 aromatic heterocycles. The Morgan fingerprint density at radius 2 is 1.87 bits per heavy atom. The zero-order valence-corrected chi connectivity index (χ0v) is 19.0. The lowest BCUT2D eigenvalue weighted by atomic mass is 10.1. The number of amides is 2. The van der Waals surface area contributed by atoms with Gasteiger partial charge in [0.15, 0.2) is 0 Å². The largest absolute Gasteiger partial charge is 0.352 e. The maximum Gasteiger partial charge on any atom is 0.243 e. The standard InChI is InChI=1S/C24H31FN2O2S/c1-5-22(24(29)26-17(2)3)27(14-19-10-8-9-18(4)13-19)23(28)16-30-15-20-11-6-7-12-21(20)25/h6-13,17,22H,5,14-16H2,1-4H3,(H,26,29). The topological polar surface area (TPSA) is 49.4 Å². The lowest BCUT2D eigenvalue weighted by Crippen LogP contribution is -2.50. The molecule has 2 amide bonds. The third-order valence-electron chi connectivity index (χ3n) is 4.69. The Hall–Kier alpha value is -2.34. The Bertz CT molecular complexity index is 857. The Labute approximate surface area is 183 Å². The smallest absolute Gasteiger partial charge is 0.243 e. The molecule has 0 heterocycles. The summed E-state index contributed by atoms with van der Waals surface area (Å²) in [4.78, 5) is 27.5. The van der Waals surface area contributed by atoms with E-state index >= 15 is 0 Å². The molecular weight excluding hydrogens is 399 g/mol. The van der Waals surface area contributed by atoms with E-state index < -0.39 is 6.04 Å². The molecule has 1 atom stereocenters. The number of hydrogen-bond donors (Lipinski definition) is 1. The lowest BCUT2D eigenvalue weighted by molar-refractivity contribution is -0.139. The Morgan fingerprint density at radius 3 is 2.50 bits per heavy atom. The summed E-state index contributed by atoms with van der Waals surface area (Å²) < 4.78 is 13.8. The van der Waals surface area contributed by atoms with E-state index in [0.29, 0.717) is 24.3 Å². The van der Waals surface area contributed by atoms with E-state index in [9.17, 15) is 14.0 Å². The number of carbonyl (C=O) groups excluding carboxylic acids is 2. The van der Waals surface area contributed by atoms with E-state index in [1.807, 2.05) is 52.0 Å². The molecule has 2 aromatic rings. The summed E-state index contributed by atoms with van der Waals surface area (Å²) in [5.74, 6) is 0.0603. The fourth-order valence-electron chi connectivity index (χ4n) is 3.25. The van der Waals surface area contributed by atoms with E-state index in [0.717, 1.165) is 11.1 Å². The number of hydrogen-bond acceptors (Lipinski definition) is 3. The lowest BCUT2D eigenvalue weighted by Gasteiger charge is -2.31. The van der Waals surface area contributed by atoms with E-state index in [4.69, 9.17) is 0 Å². The minimum Gasteiger partial charge on any atom is -0.352 e. The molecule has 0 aliphatic carbocycles. The van der Waals surface area contributed by atoms with Crippen molar-refractivity contribution in [2.45, 2.75) is 58.5 Å². The molecule has 0 aliphatic heterocycles. The van der Waals surface area contributed by atoms with E-state index in [-0.39, 0.29) is 29.4 Å². The van der Waals surface area contributed by atoms with Crippen molar-refractivity contribution < 1.29 is 14.0 Å². The van der Waals surface area contributed by atoms with Crippen LogP contribution in [-0.2, 0) is 21.9 Å². The predicted octanol–water partition coefficient (Wildman–Crippen LogP) is 4.70. The van der Waals surface area contributed by atoms with Crippen molar-refractivity contribution in [2.75, 3.05) is 5.75 Å². The number of nitrogens with zero attached hydrogens (tertiary/aromatic N) is 1. The van der Waals surface area contributed by atoms with Gasteiger partial charge < -0.3 is 10.2 Å². The highest BCUT2D eigenvalue weighted by Gasteiger charge is 2.28. The van der Waals surface area contributed by atoms with Gasteiger partial charge in [-0.05, 0) is 44.4 Å². The minimum atomic E-state index is -0.547. The molecule has 2 aromatic carbocycles. The van der Waals surface area contributed by atoms with Gasteiger partial charge >= 0.3 is 0 Å². The number of nitrogens with one attached hydrogen (secondary N) is 1. The van der Waals surface area contributed by atoms with Crippen LogP contribution in [0.3, 0.4) is 0 Å². The summed E-state index contributed by atoms with van der Waals surface area (Å²) in [6.07, 6.45) is 0.522. The molecule has 2 rings (SSSR count). The van der Waals surface area contributed by atoms with Crippen LogP contribution >= 0.6 is 11.8 Å². The summed E-state index contributed by atoms with van der Waals surface area (Å²) in [5, 5.41) is 2.93. The van der Waals surface area contributed by atoms with Crippen molar-refractivity contribution in [1.82, 2.24) is 10.2 Å². The van der Waals surface area contributed by atoms with Crippen LogP contribution in [0, 0.1) is 12.7 Å². The second kappa shape index (κ2) is 11.7. The van der Waals surface area contributed by atoms with Gasteiger partial charge in [-0.1, -0.05) is 55.0 Å². The fraction of sp³-hybridized carbons (Fsp3) is 0.417. The second-order valence-corrected chi connectivity index (χ2v) is 8.67. The first-order chi connectivity index (χ1) is 14.3. The number of halogens is 1. The van der Waals surface area contributed by atoms with Crippen molar-refractivity contribution in [1.29, 1.82) is 0 Å². The zero-order valence-electron chi connectivity index (χ0n) is 18.2. The minimum absolute atomic E-state index is 0.00194. The first-order valence-electron chi connectivity index (χ1n) is 10.3. The SMILES string of the molecule is CCC(C(=O)NC(C)C)N(Cc1cccc(C)c1)C(=O)CSCc1ccccc1F. The molecular formula is C24H31FN2O2S. The molecule has 0 aliphatic rings. The van der Waals surface area contributed by atoms with Gasteiger partial charge in [0.2, 0.25) is 11.8 Å². The zero-order chi connectivity index (χ0) is 22.1. The Kier molecular flexibility index (Phi) is 9.37. The van der Waals surface area contributed by atoms with Gasteiger partial charge in [-0.25, -0.2) is 4.39 Å². The quantitative estimate of drug-likeness (QED) is 0.594. The maximum absolute atomic E-state index is 13.8. The van der Waals surface area contributed by atoms with Crippen LogP contribution in [0.1, 0.15) is 43.9 Å². The molecule has 0 saturated heterocycles. The number of carbonyl (C=O) groups is 2. The maximum atomic E-state index is 13.8. The predicted molar refractivity (Wildman–Crippen MR) is 122 cm³/mol. The molecule has 4 nitrogen and oxygen atoms in total. The second-order valence-electron chi connectivity index (χ2n) is 7.68. The van der Waals surface area contributed by atoms with Crippen molar-refractivity contribution >= 4 is 23.6 Å². The number of thioether (sulfide) groups is 1. The van der Waals surface area contributed by atoms with Gasteiger partial charge in [-0.3, -0.25) is 9.59 Å². The average Bonchev–Trinajstić information content (AvgIpc) is 2.68. The number of aryl methyl sites for hydroxylation is 1. The third kappa shape index (κ3) is 7.17. The van der Waals surface area contributed by atoms with Crippen LogP contribution in [0.4, 0.5) is 4.39 Å². The van der Waals surface area contributed by atoms with Crippen molar-refractivity contribution in [3.8, 4) is 0 Å². The molecule has 0 spiro atoms. The van der Waals surface area contributed by atoms with Gasteiger partial charge in [-0.2, -0.15) is 0 Å². The van der Waals surface area contributed by atoms with Crippen LogP contribution in [-0.4, -0.2) is 34.6 Å². The normalized spacial score (nSPS) is 11.9. The van der Waals surface area contributed by atoms with Crippen molar-refractivity contribution in [3.05, 3.63) is 71.0 Å². The van der Waals surface area contributed by atoms with Crippen LogP contribution in [0.5, 0.6) is 0 Å². The summed E-state index contributed by atoms with van der Waals surface area (Å²) in [5.41, 5.74) is 2.66. The molecule has 1 unspecified atom stereocenters. The van der Waals surface area contributed by atoms with Gasteiger partial charge in [0.05, 0.1) is 5.75 Å². The Balaban J connectivity index is 2.14. The first-order valence-corrected chi connectivity index (χ1v) is 11.4. The molecule has 0 fully saturated rings. The molecule has 0 radical (unpaired) electrons. The monoisotopic (exact) mass is 430 g/mol. The molecule has 30 heavy (non-hydrogen) atoms. The Morgan fingerprint density at radius 1 is 1.13 bits per heavy atom. The van der Waals surface area contributed by atoms with Gasteiger partial charge in [0.25, 0.3) is 0 Å². The van der Waals surface area contributed by atoms with Crippen LogP contribution in [0.15, 0.2) is 48.5 Å². The van der Waals surface area contributed by atoms with Gasteiger partial charge in [-0.15, -0.1) is 11.8 Å². The highest BCUT2D eigenvalue weighted by atomic mass is 32.2. The van der Waals surface area contributed by atoms with Crippen LogP contribution < -0.4 is 5.32 Å². The average molecular weight is 431 g/mol. The first kappa shape index (κ1) is 23.9. The highest BCUT2D eigenvalue weighted by Crippen LogP contribution is 2.19. The van der Waals surface area contributed by atoms with Crippen molar-refractivity contribution in [2.24, 2.45) is 0 Å². The molecule has 162 valence electrons. The van der Waals surface area contributed by atoms with Crippen molar-refractivity contribution in [3.63, 3.8) is 0 Å². The third-order valence-corrected chi connectivity index (χ3v) is 5.66. The van der Waals surface area contributed by atoms with E-state index in [2.05, 4.69) is 5.32 Å². The van der Waals surface area contributed by atoms with Gasteiger partial charge in [0.1, 0.15) is 11.9 Å².